The van der Waals surface area contributed by atoms with E-state index in [1.807, 2.05) is 96.0 Å². The van der Waals surface area contributed by atoms with Crippen LogP contribution < -0.4 is 20.9 Å². The third kappa shape index (κ3) is 8.08. The Balaban J connectivity index is 0.000000156. The van der Waals surface area contributed by atoms with Crippen LogP contribution in [-0.4, -0.2) is 142 Å². The van der Waals surface area contributed by atoms with E-state index in [0.29, 0.717) is 98.3 Å². The average Bonchev–Trinajstić information content (AvgIpc) is 4.11. The number of para-hydroxylation sites is 4. The minimum Gasteiger partial charge on any atom is -0.353 e. The zero-order valence-electron chi connectivity index (χ0n) is 37.5. The molecule has 3 fully saturated rings. The van der Waals surface area contributed by atoms with Crippen LogP contribution in [0.3, 0.4) is 0 Å². The van der Waals surface area contributed by atoms with Gasteiger partial charge in [-0.1, -0.05) is 24.3 Å². The van der Waals surface area contributed by atoms with Crippen molar-refractivity contribution in [2.75, 3.05) is 87.7 Å². The molecule has 11 rings (SSSR count). The molecule has 0 radical (unpaired) electrons. The van der Waals surface area contributed by atoms with Crippen LogP contribution in [0.15, 0.2) is 82.4 Å². The van der Waals surface area contributed by atoms with E-state index < -0.39 is 0 Å². The summed E-state index contributed by atoms with van der Waals surface area (Å²) in [4.78, 5) is 80.3. The minimum atomic E-state index is -0.108. The number of pyridine rings is 2. The highest BCUT2D eigenvalue weighted by atomic mass is 35.5. The normalized spacial score (nSPS) is 16.1. The lowest BCUT2D eigenvalue weighted by molar-refractivity contribution is -0.129. The molecule has 0 aliphatic carbocycles. The Morgan fingerprint density at radius 1 is 0.530 bits per heavy atom. The van der Waals surface area contributed by atoms with Crippen LogP contribution in [0.2, 0.25) is 0 Å². The molecule has 3 aliphatic rings. The first-order chi connectivity index (χ1) is 32.2. The number of halogens is 1. The predicted octanol–water partition coefficient (Wildman–Crippen LogP) is 4.85. The van der Waals surface area contributed by atoms with Gasteiger partial charge >= 0.3 is 0 Å². The molecular formula is C48H54ClN13O4. The second kappa shape index (κ2) is 18.4. The molecule has 18 heteroatoms. The Morgan fingerprint density at radius 2 is 0.970 bits per heavy atom. The predicted molar refractivity (Wildman–Crippen MR) is 259 cm³/mol. The summed E-state index contributed by atoms with van der Waals surface area (Å²) in [5.41, 5.74) is 4.63. The number of amides is 2. The number of piperazine rings is 2. The van der Waals surface area contributed by atoms with Gasteiger partial charge in [-0.25, -0.2) is 19.9 Å². The first-order valence-electron chi connectivity index (χ1n) is 23.1. The molecule has 8 aromatic rings. The van der Waals surface area contributed by atoms with Crippen LogP contribution in [0, 0.1) is 0 Å². The lowest BCUT2D eigenvalue weighted by Gasteiger charge is -2.35. The summed E-state index contributed by atoms with van der Waals surface area (Å²) >= 11 is 5.90. The van der Waals surface area contributed by atoms with E-state index >= 15 is 0 Å². The molecule has 66 heavy (non-hydrogen) atoms. The Labute approximate surface area is 385 Å². The molecule has 3 saturated heterocycles. The summed E-state index contributed by atoms with van der Waals surface area (Å²) in [5, 5.41) is 1.16. The molecule has 9 heterocycles. The van der Waals surface area contributed by atoms with Crippen molar-refractivity contribution < 1.29 is 9.59 Å². The van der Waals surface area contributed by atoms with Crippen molar-refractivity contribution in [2.45, 2.75) is 52.6 Å². The van der Waals surface area contributed by atoms with Crippen molar-refractivity contribution in [2.24, 2.45) is 0 Å². The number of anilines is 2. The maximum Gasteiger partial charge on any atom is 0.264 e. The second-order valence-electron chi connectivity index (χ2n) is 17.4. The van der Waals surface area contributed by atoms with Crippen LogP contribution in [0.25, 0.3) is 55.7 Å². The van der Waals surface area contributed by atoms with Gasteiger partial charge in [0.2, 0.25) is 23.4 Å². The molecule has 0 bridgehead atoms. The number of aromatic nitrogens is 8. The number of alkyl halides is 1. The second-order valence-corrected chi connectivity index (χ2v) is 17.8. The molecule has 0 atom stereocenters. The van der Waals surface area contributed by atoms with Crippen LogP contribution in [0.5, 0.6) is 0 Å². The molecule has 0 saturated carbocycles. The van der Waals surface area contributed by atoms with Gasteiger partial charge < -0.3 is 24.5 Å². The summed E-state index contributed by atoms with van der Waals surface area (Å²) < 4.78 is 7.52. The highest BCUT2D eigenvalue weighted by Gasteiger charge is 2.24. The molecule has 342 valence electrons. The number of fused-ring (bicyclic) bond motifs is 10. The fourth-order valence-corrected chi connectivity index (χ4v) is 9.88. The van der Waals surface area contributed by atoms with Gasteiger partial charge in [-0.3, -0.25) is 37.1 Å². The van der Waals surface area contributed by atoms with Crippen molar-refractivity contribution in [1.29, 1.82) is 0 Å². The van der Waals surface area contributed by atoms with Gasteiger partial charge in [-0.2, -0.15) is 0 Å². The van der Waals surface area contributed by atoms with E-state index in [9.17, 15) is 19.2 Å². The standard InChI is InChI=1S/C26H31N7O2.C22H23ClN6O2/c1-19(34)30-15-17-31(18-16-30)23-10-9-20-24(28-23)33-22-8-3-2-7-21(22)27-26(33)32(25(20)35)14-6-13-29-11-4-5-12-29;1-15(30)26-11-13-27(14-12-26)19-8-7-16-20(25-19)29-18-6-3-2-5-17(18)24-22(29)28(21(16)31)10-4-9-23/h2-3,7-10H,4-6,11-18H2,1H3;2-3,5-8H,4,9-14H2,1H3. The molecule has 0 spiro atoms. The van der Waals surface area contributed by atoms with Gasteiger partial charge in [0.25, 0.3) is 11.1 Å². The quantitative estimate of drug-likeness (QED) is 0.183. The van der Waals surface area contributed by atoms with Gasteiger partial charge in [0.15, 0.2) is 11.3 Å². The van der Waals surface area contributed by atoms with Gasteiger partial charge in [0, 0.05) is 85.2 Å². The number of benzene rings is 2. The number of aryl methyl sites for hydroxylation is 2. The highest BCUT2D eigenvalue weighted by molar-refractivity contribution is 6.17. The van der Waals surface area contributed by atoms with Gasteiger partial charge in [0.05, 0.1) is 32.8 Å². The highest BCUT2D eigenvalue weighted by Crippen LogP contribution is 2.26. The molecule has 17 nitrogen and oxygen atoms in total. The van der Waals surface area contributed by atoms with E-state index in [2.05, 4.69) is 14.7 Å². The Morgan fingerprint density at radius 3 is 1.41 bits per heavy atom. The third-order valence-electron chi connectivity index (χ3n) is 13.3. The van der Waals surface area contributed by atoms with Crippen molar-refractivity contribution in [1.82, 2.24) is 52.6 Å². The SMILES string of the molecule is CC(=O)N1CCN(c2ccc3c(=O)n(CCCCl)c4nc5ccccc5n4c3n2)CC1.CC(=O)N1CCN(c2ccc3c(=O)n(CCCN4CCCC4)c4nc5ccccc5n4c3n2)CC1. The van der Waals surface area contributed by atoms with Gasteiger partial charge in [-0.05, 0) is 93.8 Å². The topological polar surface area (TPSA) is 155 Å². The van der Waals surface area contributed by atoms with Crippen LogP contribution >= 0.6 is 11.6 Å². The Kier molecular flexibility index (Phi) is 12.0. The minimum absolute atomic E-state index is 0.0373. The fraction of sp³-hybridized carbons (Fsp3) is 0.417. The molecule has 6 aromatic heterocycles. The van der Waals surface area contributed by atoms with Crippen LogP contribution in [0.1, 0.15) is 39.5 Å². The first kappa shape index (κ1) is 43.3. The number of nitrogens with zero attached hydrogens (tertiary/aromatic N) is 13. The summed E-state index contributed by atoms with van der Waals surface area (Å²) in [5.74, 6) is 3.52. The number of carbonyl (C=O) groups excluding carboxylic acids is 2. The lowest BCUT2D eigenvalue weighted by Crippen LogP contribution is -2.48. The number of imidazole rings is 2. The van der Waals surface area contributed by atoms with Crippen LogP contribution in [-0.2, 0) is 22.7 Å². The zero-order chi connectivity index (χ0) is 45.5. The molecule has 2 amide bonds. The van der Waals surface area contributed by atoms with Crippen LogP contribution in [0.4, 0.5) is 11.6 Å². The maximum atomic E-state index is 13.7. The van der Waals surface area contributed by atoms with Crippen molar-refractivity contribution >= 4 is 90.7 Å². The molecule has 0 N–H and O–H groups in total. The molecule has 2 aromatic carbocycles. The largest absolute Gasteiger partial charge is 0.353 e. The monoisotopic (exact) mass is 911 g/mol. The summed E-state index contributed by atoms with van der Waals surface area (Å²) in [6, 6.07) is 23.4. The molecular weight excluding hydrogens is 858 g/mol. The van der Waals surface area contributed by atoms with E-state index in [-0.39, 0.29) is 22.9 Å². The van der Waals surface area contributed by atoms with Gasteiger partial charge in [-0.15, -0.1) is 11.6 Å². The Bertz CT molecular complexity index is 3250. The molecule has 0 unspecified atom stereocenters. The number of hydrogen-bond donors (Lipinski definition) is 0. The smallest absolute Gasteiger partial charge is 0.264 e. The lowest BCUT2D eigenvalue weighted by atomic mass is 10.2. The van der Waals surface area contributed by atoms with Gasteiger partial charge in [0.1, 0.15) is 11.6 Å². The van der Waals surface area contributed by atoms with Crippen molar-refractivity contribution in [3.63, 3.8) is 0 Å². The Hall–Kier alpha value is -6.59. The fourth-order valence-electron chi connectivity index (χ4n) is 9.76. The zero-order valence-corrected chi connectivity index (χ0v) is 38.2. The molecule has 3 aliphatic heterocycles. The summed E-state index contributed by atoms with van der Waals surface area (Å²) in [6.07, 6.45) is 4.13. The first-order valence-corrected chi connectivity index (χ1v) is 23.6. The van der Waals surface area contributed by atoms with E-state index in [0.717, 1.165) is 72.8 Å². The van der Waals surface area contributed by atoms with Crippen molar-refractivity contribution in [3.8, 4) is 0 Å². The van der Waals surface area contributed by atoms with E-state index in [1.54, 1.807) is 18.4 Å². The maximum absolute atomic E-state index is 13.7. The van der Waals surface area contributed by atoms with E-state index in [1.165, 1.54) is 12.8 Å². The summed E-state index contributed by atoms with van der Waals surface area (Å²) in [6.45, 7) is 13.2. The third-order valence-corrected chi connectivity index (χ3v) is 13.6. The summed E-state index contributed by atoms with van der Waals surface area (Å²) in [7, 11) is 0. The van der Waals surface area contributed by atoms with Crippen molar-refractivity contribution in [3.05, 3.63) is 93.5 Å². The number of carbonyl (C=O) groups is 2. The van der Waals surface area contributed by atoms with E-state index in [4.69, 9.17) is 31.5 Å². The average molecular weight is 912 g/mol. The number of hydrogen-bond acceptors (Lipinski definition) is 11. The number of likely N-dealkylation sites (tertiary alicyclic amines) is 1. The number of rotatable bonds is 9.